The predicted molar refractivity (Wildman–Crippen MR) is 101 cm³/mol. The smallest absolute Gasteiger partial charge is 0.179 e. The van der Waals surface area contributed by atoms with E-state index in [0.717, 1.165) is 41.9 Å². The average molecular weight is 358 g/mol. The molecule has 1 saturated carbocycles. The van der Waals surface area contributed by atoms with Crippen molar-refractivity contribution in [2.45, 2.75) is 31.2 Å². The van der Waals surface area contributed by atoms with Crippen LogP contribution in [-0.4, -0.2) is 30.6 Å². The number of nitriles is 1. The van der Waals surface area contributed by atoms with Crippen LogP contribution >= 0.6 is 0 Å². The average Bonchev–Trinajstić information content (AvgIpc) is 3.40. The zero-order valence-electron chi connectivity index (χ0n) is 14.6. The third kappa shape index (κ3) is 3.09. The highest BCUT2D eigenvalue weighted by atomic mass is 15.3. The molecule has 27 heavy (non-hydrogen) atoms. The van der Waals surface area contributed by atoms with Gasteiger partial charge in [-0.15, -0.1) is 10.2 Å². The highest BCUT2D eigenvalue weighted by Crippen LogP contribution is 2.34. The van der Waals surface area contributed by atoms with Gasteiger partial charge in [0.25, 0.3) is 0 Å². The summed E-state index contributed by atoms with van der Waals surface area (Å²) in [5, 5.41) is 20.9. The topological polar surface area (TPSA) is 121 Å². The van der Waals surface area contributed by atoms with Gasteiger partial charge in [-0.25, -0.2) is 4.98 Å². The molecule has 3 heterocycles. The number of nitrogens with two attached hydrogens (primary N) is 1. The van der Waals surface area contributed by atoms with Crippen LogP contribution in [0.4, 0.5) is 0 Å². The lowest BCUT2D eigenvalue weighted by atomic mass is 10.1. The van der Waals surface area contributed by atoms with Crippen molar-refractivity contribution in [3.05, 3.63) is 48.3 Å². The molecule has 0 unspecified atom stereocenters. The van der Waals surface area contributed by atoms with Crippen LogP contribution in [0.3, 0.4) is 0 Å². The molecule has 0 spiro atoms. The van der Waals surface area contributed by atoms with Crippen molar-refractivity contribution in [3.8, 4) is 17.9 Å². The lowest BCUT2D eigenvalue weighted by Gasteiger charge is -2.13. The second-order valence-electron chi connectivity index (χ2n) is 6.49. The van der Waals surface area contributed by atoms with Gasteiger partial charge in [0.2, 0.25) is 0 Å². The van der Waals surface area contributed by atoms with Gasteiger partial charge in [-0.05, 0) is 37.2 Å². The second-order valence-corrected chi connectivity index (χ2v) is 6.49. The maximum atomic E-state index is 8.84. The first-order chi connectivity index (χ1) is 13.2. The number of aromatic amines is 1. The quantitative estimate of drug-likeness (QED) is 0.484. The summed E-state index contributed by atoms with van der Waals surface area (Å²) in [5.74, 6) is 6.78. The molecule has 0 bridgehead atoms. The fourth-order valence-corrected chi connectivity index (χ4v) is 3.54. The Labute approximate surface area is 155 Å². The van der Waals surface area contributed by atoms with Gasteiger partial charge in [0.15, 0.2) is 11.3 Å². The molecule has 2 atom stereocenters. The van der Waals surface area contributed by atoms with Gasteiger partial charge in [0.1, 0.15) is 17.5 Å². The Balaban J connectivity index is 1.50. The van der Waals surface area contributed by atoms with Crippen molar-refractivity contribution in [3.63, 3.8) is 0 Å². The van der Waals surface area contributed by atoms with E-state index in [9.17, 15) is 0 Å². The Kier molecular flexibility index (Phi) is 4.23. The maximum absolute atomic E-state index is 8.84. The molecule has 0 aliphatic heterocycles. The molecule has 0 amide bonds. The van der Waals surface area contributed by atoms with Crippen LogP contribution in [0.5, 0.6) is 0 Å². The molecule has 1 aliphatic rings. The van der Waals surface area contributed by atoms with Crippen molar-refractivity contribution in [1.29, 1.82) is 5.26 Å². The lowest BCUT2D eigenvalue weighted by molar-refractivity contribution is 0.576. The first-order valence-electron chi connectivity index (χ1n) is 8.66. The van der Waals surface area contributed by atoms with E-state index in [2.05, 4.69) is 48.3 Å². The molecule has 0 saturated heterocycles. The minimum Gasteiger partial charge on any atom is -0.403 e. The van der Waals surface area contributed by atoms with Gasteiger partial charge in [-0.1, -0.05) is 6.58 Å². The fraction of sp³-hybridized carbons (Fsp3) is 0.263. The number of allylic oxidation sites excluding steroid dienone is 2. The molecular formula is C19H18N8. The van der Waals surface area contributed by atoms with Crippen LogP contribution in [-0.2, 0) is 0 Å². The number of nitrogens with one attached hydrogen (secondary N) is 2. The molecule has 3 aromatic rings. The summed E-state index contributed by atoms with van der Waals surface area (Å²) in [7, 11) is 0. The molecule has 4 N–H and O–H groups in total. The molecule has 3 aromatic heterocycles. The zero-order valence-corrected chi connectivity index (χ0v) is 14.6. The van der Waals surface area contributed by atoms with Crippen molar-refractivity contribution < 1.29 is 0 Å². The standard InChI is InChI=1S/C19H18N8/c1-12(2-3-13(9-20)10-21)24-15-5-4-14(8-15)19-26-25-17-11-23-18-16(27(17)19)6-7-22-18/h6-7,9,11,14-15,22,24H,1,4-5,8,20H2/b13-9+/t14-,15+/m0/s1. The summed E-state index contributed by atoms with van der Waals surface area (Å²) in [4.78, 5) is 7.48. The third-order valence-electron chi connectivity index (χ3n) is 4.78. The monoisotopic (exact) mass is 358 g/mol. The Morgan fingerprint density at radius 3 is 3.11 bits per heavy atom. The number of aromatic nitrogens is 5. The molecule has 1 fully saturated rings. The number of fused-ring (bicyclic) bond motifs is 3. The largest absolute Gasteiger partial charge is 0.403 e. The number of H-pyrrole nitrogens is 1. The maximum Gasteiger partial charge on any atom is 0.179 e. The van der Waals surface area contributed by atoms with Gasteiger partial charge in [-0.3, -0.25) is 4.40 Å². The number of rotatable bonds is 3. The van der Waals surface area contributed by atoms with Crippen LogP contribution in [0.2, 0.25) is 0 Å². The van der Waals surface area contributed by atoms with Crippen LogP contribution in [0.1, 0.15) is 31.0 Å². The van der Waals surface area contributed by atoms with Gasteiger partial charge >= 0.3 is 0 Å². The van der Waals surface area contributed by atoms with Crippen molar-refractivity contribution >= 4 is 16.8 Å². The summed E-state index contributed by atoms with van der Waals surface area (Å²) in [6.45, 7) is 3.92. The molecule has 1 aliphatic carbocycles. The second kappa shape index (κ2) is 6.85. The van der Waals surface area contributed by atoms with E-state index >= 15 is 0 Å². The number of hydrogen-bond acceptors (Lipinski definition) is 6. The molecule has 8 nitrogen and oxygen atoms in total. The van der Waals surface area contributed by atoms with Crippen LogP contribution in [0, 0.1) is 23.2 Å². The summed E-state index contributed by atoms with van der Waals surface area (Å²) in [6, 6.07) is 4.16. The predicted octanol–water partition coefficient (Wildman–Crippen LogP) is 1.71. The van der Waals surface area contributed by atoms with Gasteiger partial charge in [0.05, 0.1) is 17.4 Å². The molecule has 0 radical (unpaired) electrons. The Morgan fingerprint density at radius 2 is 2.30 bits per heavy atom. The van der Waals surface area contributed by atoms with E-state index in [1.54, 1.807) is 6.20 Å². The van der Waals surface area contributed by atoms with Crippen molar-refractivity contribution in [2.24, 2.45) is 5.73 Å². The molecule has 134 valence electrons. The lowest BCUT2D eigenvalue weighted by Crippen LogP contribution is -2.24. The molecule has 4 rings (SSSR count). The van der Waals surface area contributed by atoms with E-state index in [4.69, 9.17) is 11.0 Å². The van der Waals surface area contributed by atoms with Gasteiger partial charge in [-0.2, -0.15) is 5.26 Å². The number of hydrogen-bond donors (Lipinski definition) is 3. The first-order valence-corrected chi connectivity index (χ1v) is 8.66. The van der Waals surface area contributed by atoms with E-state index in [-0.39, 0.29) is 17.5 Å². The van der Waals surface area contributed by atoms with E-state index in [0.29, 0.717) is 5.70 Å². The summed E-state index contributed by atoms with van der Waals surface area (Å²) in [6.07, 6.45) is 7.69. The van der Waals surface area contributed by atoms with Gasteiger partial charge in [0, 0.05) is 24.4 Å². The van der Waals surface area contributed by atoms with Crippen LogP contribution in [0.25, 0.3) is 16.8 Å². The highest BCUT2D eigenvalue weighted by Gasteiger charge is 2.29. The summed E-state index contributed by atoms with van der Waals surface area (Å²) < 4.78 is 2.08. The van der Waals surface area contributed by atoms with Crippen molar-refractivity contribution in [1.82, 2.24) is 29.9 Å². The van der Waals surface area contributed by atoms with Crippen molar-refractivity contribution in [2.75, 3.05) is 0 Å². The third-order valence-corrected chi connectivity index (χ3v) is 4.78. The minimum atomic E-state index is 0.223. The Hall–Kier alpha value is -3.78. The highest BCUT2D eigenvalue weighted by molar-refractivity contribution is 5.74. The fourth-order valence-electron chi connectivity index (χ4n) is 3.54. The van der Waals surface area contributed by atoms with E-state index in [1.807, 2.05) is 18.3 Å². The molecule has 8 heteroatoms. The Morgan fingerprint density at radius 1 is 1.41 bits per heavy atom. The van der Waals surface area contributed by atoms with Gasteiger partial charge < -0.3 is 16.0 Å². The van der Waals surface area contributed by atoms with Crippen LogP contribution in [0.15, 0.2) is 42.5 Å². The number of nitrogens with zero attached hydrogens (tertiary/aromatic N) is 5. The normalized spacial score (nSPS) is 19.6. The van der Waals surface area contributed by atoms with E-state index in [1.165, 1.54) is 6.20 Å². The summed E-state index contributed by atoms with van der Waals surface area (Å²) in [5.41, 5.74) is 8.68. The Bertz CT molecular complexity index is 1150. The minimum absolute atomic E-state index is 0.223. The summed E-state index contributed by atoms with van der Waals surface area (Å²) >= 11 is 0. The molecule has 0 aromatic carbocycles. The zero-order chi connectivity index (χ0) is 18.8. The van der Waals surface area contributed by atoms with E-state index < -0.39 is 0 Å². The molecular weight excluding hydrogens is 340 g/mol. The first kappa shape index (κ1) is 16.7. The van der Waals surface area contributed by atoms with Crippen LogP contribution < -0.4 is 11.1 Å². The SMILES string of the molecule is C=C(C#C/C(C#N)=C\N)N[C@@H]1CC[C@H](c2nnc3cnc4[nH]ccc4n23)C1.